The minimum Gasteiger partial charge on any atom is -0.480 e. The van der Waals surface area contributed by atoms with Crippen molar-refractivity contribution in [3.8, 4) is 0 Å². The highest BCUT2D eigenvalue weighted by Crippen LogP contribution is 2.37. The van der Waals surface area contributed by atoms with Crippen LogP contribution in [0.15, 0.2) is 6.58 Å². The second-order valence-corrected chi connectivity index (χ2v) is 7.91. The Bertz CT molecular complexity index is 697. The van der Waals surface area contributed by atoms with Crippen molar-refractivity contribution in [2.75, 3.05) is 38.7 Å². The number of rotatable bonds is 4. The van der Waals surface area contributed by atoms with E-state index in [0.29, 0.717) is 22.7 Å². The maximum Gasteiger partial charge on any atom is 0.323 e. The van der Waals surface area contributed by atoms with Gasteiger partial charge in [0.2, 0.25) is 5.90 Å². The maximum absolute atomic E-state index is 12.4. The first-order chi connectivity index (χ1) is 12.5. The lowest BCUT2D eigenvalue weighted by molar-refractivity contribution is 0.0809. The molecule has 2 saturated heterocycles. The third-order valence-corrected chi connectivity index (χ3v) is 6.02. The molecule has 1 atom stereocenters. The highest BCUT2D eigenvalue weighted by Gasteiger charge is 2.27. The molecule has 7 nitrogen and oxygen atoms in total. The van der Waals surface area contributed by atoms with Crippen LogP contribution in [0.1, 0.15) is 36.8 Å². The van der Waals surface area contributed by atoms with E-state index in [9.17, 15) is 4.79 Å². The number of likely N-dealkylation sites (tertiary alicyclic amines) is 1. The number of carbonyl (C=O) groups is 1. The number of urea groups is 1. The second kappa shape index (κ2) is 8.18. The second-order valence-electron chi connectivity index (χ2n) is 6.91. The van der Waals surface area contributed by atoms with Gasteiger partial charge >= 0.3 is 6.03 Å². The van der Waals surface area contributed by atoms with Crippen LogP contribution in [0, 0.1) is 17.2 Å². The molecule has 0 aromatic carbocycles. The third kappa shape index (κ3) is 4.07. The van der Waals surface area contributed by atoms with Crippen LogP contribution in [-0.4, -0.2) is 55.2 Å². The fraction of sp³-hybridized carbons (Fsp3) is 0.611. The fourth-order valence-corrected chi connectivity index (χ4v) is 4.36. The summed E-state index contributed by atoms with van der Waals surface area (Å²) in [6, 6.07) is -0.137. The van der Waals surface area contributed by atoms with Crippen LogP contribution in [0.2, 0.25) is 0 Å². The Morgan fingerprint density at radius 3 is 2.77 bits per heavy atom. The lowest BCUT2D eigenvalue weighted by atomic mass is 9.91. The highest BCUT2D eigenvalue weighted by atomic mass is 32.1. The van der Waals surface area contributed by atoms with Gasteiger partial charge in [0.1, 0.15) is 5.69 Å². The Hall–Kier alpha value is -1.93. The molecule has 2 amide bonds. The first-order valence-corrected chi connectivity index (χ1v) is 9.77. The monoisotopic (exact) mass is 378 g/mol. The maximum atomic E-state index is 12.4. The molecule has 2 fully saturated rings. The van der Waals surface area contributed by atoms with Crippen LogP contribution in [0.5, 0.6) is 0 Å². The molecule has 0 saturated carbocycles. The standard InChI is InChI=1S/C18H26N4O3S/c1-11-4-7-22(10-11)18(23)21-17-20-14(16(19)24-3)15(26-17)12(2)13-5-8-25-9-6-13/h11,13,19H,2,4-10H2,1,3H3,(H,20,21,23)/t11-/m0/s1. The number of carbonyl (C=O) groups excluding carboxylic acids is 1. The summed E-state index contributed by atoms with van der Waals surface area (Å²) in [5, 5.41) is 11.4. The molecule has 0 bridgehead atoms. The van der Waals surface area contributed by atoms with Gasteiger partial charge in [-0.25, -0.2) is 9.78 Å². The average Bonchev–Trinajstić information content (AvgIpc) is 3.27. The topological polar surface area (TPSA) is 87.5 Å². The first-order valence-electron chi connectivity index (χ1n) is 8.96. The predicted octanol–water partition coefficient (Wildman–Crippen LogP) is 3.43. The number of anilines is 1. The molecule has 0 spiro atoms. The fourth-order valence-electron chi connectivity index (χ4n) is 3.36. The summed E-state index contributed by atoms with van der Waals surface area (Å²) in [6.07, 6.45) is 2.84. The summed E-state index contributed by atoms with van der Waals surface area (Å²) >= 11 is 1.36. The Kier molecular flexibility index (Phi) is 5.93. The highest BCUT2D eigenvalue weighted by molar-refractivity contribution is 7.17. The number of amides is 2. The van der Waals surface area contributed by atoms with Gasteiger partial charge < -0.3 is 14.4 Å². The molecule has 0 unspecified atom stereocenters. The molecule has 1 aromatic heterocycles. The van der Waals surface area contributed by atoms with Crippen molar-refractivity contribution >= 4 is 34.0 Å². The van der Waals surface area contributed by atoms with Crippen molar-refractivity contribution in [2.24, 2.45) is 11.8 Å². The molecule has 3 heterocycles. The number of aromatic nitrogens is 1. The Morgan fingerprint density at radius 1 is 1.42 bits per heavy atom. The number of allylic oxidation sites excluding steroid dienone is 1. The molecule has 1 aromatic rings. The quantitative estimate of drug-likeness (QED) is 0.621. The summed E-state index contributed by atoms with van der Waals surface area (Å²) in [5.74, 6) is 0.813. The van der Waals surface area contributed by atoms with Crippen molar-refractivity contribution in [1.29, 1.82) is 5.41 Å². The van der Waals surface area contributed by atoms with Gasteiger partial charge in [0.25, 0.3) is 0 Å². The number of hydrogen-bond donors (Lipinski definition) is 2. The summed E-state index contributed by atoms with van der Waals surface area (Å²) in [4.78, 5) is 19.5. The van der Waals surface area contributed by atoms with E-state index >= 15 is 0 Å². The van der Waals surface area contributed by atoms with Crippen molar-refractivity contribution < 1.29 is 14.3 Å². The minimum atomic E-state index is -0.137. The van der Waals surface area contributed by atoms with E-state index in [1.165, 1.54) is 18.4 Å². The van der Waals surface area contributed by atoms with Crippen LogP contribution in [-0.2, 0) is 9.47 Å². The number of ether oxygens (including phenoxy) is 2. The lowest BCUT2D eigenvalue weighted by Gasteiger charge is -2.23. The molecule has 8 heteroatoms. The van der Waals surface area contributed by atoms with Gasteiger partial charge in [0, 0.05) is 26.3 Å². The van der Waals surface area contributed by atoms with Gasteiger partial charge in [-0.05, 0) is 36.7 Å². The van der Waals surface area contributed by atoms with Crippen molar-refractivity contribution in [1.82, 2.24) is 9.88 Å². The first kappa shape index (κ1) is 18.8. The van der Waals surface area contributed by atoms with E-state index in [0.717, 1.165) is 56.0 Å². The number of nitrogens with zero attached hydrogens (tertiary/aromatic N) is 2. The van der Waals surface area contributed by atoms with E-state index in [4.69, 9.17) is 14.9 Å². The van der Waals surface area contributed by atoms with Gasteiger partial charge in [-0.3, -0.25) is 10.7 Å². The lowest BCUT2D eigenvalue weighted by Crippen LogP contribution is -2.32. The summed E-state index contributed by atoms with van der Waals surface area (Å²) < 4.78 is 10.5. The molecule has 142 valence electrons. The molecular weight excluding hydrogens is 352 g/mol. The molecule has 0 radical (unpaired) electrons. The van der Waals surface area contributed by atoms with E-state index in [1.807, 2.05) is 0 Å². The van der Waals surface area contributed by atoms with Crippen LogP contribution in [0.4, 0.5) is 9.93 Å². The minimum absolute atomic E-state index is 0.0141. The molecule has 3 rings (SSSR count). The van der Waals surface area contributed by atoms with Gasteiger partial charge in [0.05, 0.1) is 12.0 Å². The summed E-state index contributed by atoms with van der Waals surface area (Å²) in [7, 11) is 1.45. The Balaban J connectivity index is 1.78. The van der Waals surface area contributed by atoms with Crippen LogP contribution in [0.25, 0.3) is 5.57 Å². The van der Waals surface area contributed by atoms with Crippen LogP contribution < -0.4 is 5.32 Å². The Labute approximate surface area is 157 Å². The molecule has 26 heavy (non-hydrogen) atoms. The third-order valence-electron chi connectivity index (χ3n) is 4.98. The largest absolute Gasteiger partial charge is 0.480 e. The van der Waals surface area contributed by atoms with E-state index in [-0.39, 0.29) is 11.9 Å². The predicted molar refractivity (Wildman–Crippen MR) is 103 cm³/mol. The number of methoxy groups -OCH3 is 1. The van der Waals surface area contributed by atoms with E-state index in [1.54, 1.807) is 4.90 Å². The number of hydrogen-bond acceptors (Lipinski definition) is 6. The van der Waals surface area contributed by atoms with Crippen molar-refractivity contribution in [3.63, 3.8) is 0 Å². The van der Waals surface area contributed by atoms with Gasteiger partial charge in [-0.2, -0.15) is 0 Å². The summed E-state index contributed by atoms with van der Waals surface area (Å²) in [5.41, 5.74) is 1.39. The Morgan fingerprint density at radius 2 is 2.15 bits per heavy atom. The molecule has 2 aliphatic rings. The average molecular weight is 378 g/mol. The van der Waals surface area contributed by atoms with Gasteiger partial charge in [0.15, 0.2) is 5.13 Å². The summed E-state index contributed by atoms with van der Waals surface area (Å²) in [6.45, 7) is 9.35. The van der Waals surface area contributed by atoms with Gasteiger partial charge in [-0.1, -0.05) is 24.8 Å². The molecular formula is C18H26N4O3S. The zero-order valence-corrected chi connectivity index (χ0v) is 16.2. The van der Waals surface area contributed by atoms with Crippen molar-refractivity contribution in [3.05, 3.63) is 17.2 Å². The van der Waals surface area contributed by atoms with Crippen LogP contribution >= 0.6 is 11.3 Å². The van der Waals surface area contributed by atoms with Gasteiger partial charge in [-0.15, -0.1) is 0 Å². The molecule has 0 aliphatic carbocycles. The normalized spacial score (nSPS) is 20.8. The molecule has 2 N–H and O–H groups in total. The van der Waals surface area contributed by atoms with E-state index < -0.39 is 0 Å². The van der Waals surface area contributed by atoms with Crippen molar-refractivity contribution in [2.45, 2.75) is 26.2 Å². The SMILES string of the molecule is C=C(c1sc(NC(=O)N2CC[C@H](C)C2)nc1C(=N)OC)C1CCOCC1. The number of nitrogens with one attached hydrogen (secondary N) is 2. The zero-order chi connectivity index (χ0) is 18.7. The number of thiazole rings is 1. The zero-order valence-electron chi connectivity index (χ0n) is 15.3. The van der Waals surface area contributed by atoms with E-state index in [2.05, 4.69) is 23.8 Å². The smallest absolute Gasteiger partial charge is 0.323 e. The van der Waals surface area contributed by atoms with Crippen LogP contribution in [0.3, 0.4) is 0 Å². The molecule has 2 aliphatic heterocycles.